The molecule has 58 heavy (non-hydrogen) atoms. The molecule has 0 saturated carbocycles. The van der Waals surface area contributed by atoms with Gasteiger partial charge in [-0.15, -0.1) is 0 Å². The number of fused-ring (bicyclic) bond motifs is 1. The van der Waals surface area contributed by atoms with E-state index in [1.165, 1.54) is 0 Å². The maximum absolute atomic E-state index is 12.9. The summed E-state index contributed by atoms with van der Waals surface area (Å²) in [5.41, 5.74) is 4.21. The summed E-state index contributed by atoms with van der Waals surface area (Å²) < 4.78 is 14.1. The molecule has 7 rings (SSSR count). The number of nitrogens with zero attached hydrogens (tertiary/aromatic N) is 8. The number of amides is 2. The molecule has 1 aromatic carbocycles. The van der Waals surface area contributed by atoms with E-state index in [9.17, 15) is 14.7 Å². The fourth-order valence-corrected chi connectivity index (χ4v) is 9.02. The van der Waals surface area contributed by atoms with E-state index in [4.69, 9.17) is 34.4 Å². The van der Waals surface area contributed by atoms with Crippen LogP contribution in [-0.2, 0) is 21.7 Å². The number of hydrogen-bond donors (Lipinski definition) is 2. The molecule has 0 aliphatic carbocycles. The highest BCUT2D eigenvalue weighted by molar-refractivity contribution is 6.76. The molecule has 0 unspecified atom stereocenters. The summed E-state index contributed by atoms with van der Waals surface area (Å²) in [6.45, 7) is 20.8. The molecule has 2 N–H and O–H groups in total. The Morgan fingerprint density at radius 3 is 2.36 bits per heavy atom. The predicted molar refractivity (Wildman–Crippen MR) is 226 cm³/mol. The van der Waals surface area contributed by atoms with Gasteiger partial charge in [0.25, 0.3) is 0 Å². The lowest BCUT2D eigenvalue weighted by molar-refractivity contribution is 0.00957. The van der Waals surface area contributed by atoms with Crippen molar-refractivity contribution in [2.24, 2.45) is 5.41 Å². The first-order valence-electron chi connectivity index (χ1n) is 20.3. The molecule has 308 valence electrons. The van der Waals surface area contributed by atoms with Crippen molar-refractivity contribution in [1.29, 1.82) is 0 Å². The van der Waals surface area contributed by atoms with Crippen LogP contribution in [0.25, 0.3) is 44.9 Å². The Morgan fingerprint density at radius 2 is 1.67 bits per heavy atom. The van der Waals surface area contributed by atoms with Gasteiger partial charge in [-0.1, -0.05) is 46.5 Å². The molecule has 0 spiro atoms. The minimum Gasteiger partial charge on any atom is -0.465 e. The van der Waals surface area contributed by atoms with Gasteiger partial charge in [0.2, 0.25) is 0 Å². The number of rotatable bonds is 10. The molecule has 5 aromatic rings. The quantitative estimate of drug-likeness (QED) is 0.103. The summed E-state index contributed by atoms with van der Waals surface area (Å²) in [5.74, 6) is 1.43. The van der Waals surface area contributed by atoms with Crippen molar-refractivity contribution >= 4 is 31.3 Å². The third-order valence-corrected chi connectivity index (χ3v) is 13.0. The van der Waals surface area contributed by atoms with Crippen molar-refractivity contribution < 1.29 is 24.2 Å². The number of carbonyl (C=O) groups excluding carboxylic acids is 1. The second-order valence-corrected chi connectivity index (χ2v) is 24.4. The minimum absolute atomic E-state index is 0.172. The van der Waals surface area contributed by atoms with E-state index in [0.717, 1.165) is 53.6 Å². The van der Waals surface area contributed by atoms with E-state index in [2.05, 4.69) is 50.0 Å². The molecule has 0 bridgehead atoms. The normalized spacial score (nSPS) is 19.0. The van der Waals surface area contributed by atoms with Crippen LogP contribution in [0.1, 0.15) is 84.9 Å². The number of carbonyl (C=O) groups is 2. The highest BCUT2D eigenvalue weighted by Gasteiger charge is 2.56. The van der Waals surface area contributed by atoms with Gasteiger partial charge in [0.05, 0.1) is 46.6 Å². The van der Waals surface area contributed by atoms with Gasteiger partial charge in [-0.25, -0.2) is 24.5 Å². The Balaban J connectivity index is 1.14. The number of H-pyrrole nitrogens is 1. The lowest BCUT2D eigenvalue weighted by Gasteiger charge is -2.46. The lowest BCUT2D eigenvalue weighted by Crippen LogP contribution is -2.54. The molecule has 15 heteroatoms. The fraction of sp³-hybridized carbons (Fsp3) is 0.512. The van der Waals surface area contributed by atoms with Crippen LogP contribution in [0.5, 0.6) is 0 Å². The van der Waals surface area contributed by atoms with Gasteiger partial charge in [-0.3, -0.25) is 19.8 Å². The Kier molecular flexibility index (Phi) is 11.0. The molecule has 4 aromatic heterocycles. The smallest absolute Gasteiger partial charge is 0.410 e. The Bertz CT molecular complexity index is 2290. The fourth-order valence-electron chi connectivity index (χ4n) is 8.26. The van der Waals surface area contributed by atoms with Crippen molar-refractivity contribution in [3.05, 3.63) is 66.8 Å². The third kappa shape index (κ3) is 8.24. The zero-order valence-electron chi connectivity index (χ0n) is 35.3. The average Bonchev–Trinajstić information content (AvgIpc) is 3.97. The van der Waals surface area contributed by atoms with E-state index < -0.39 is 30.7 Å². The third-order valence-electron chi connectivity index (χ3n) is 11.2. The Morgan fingerprint density at radius 1 is 0.897 bits per heavy atom. The van der Waals surface area contributed by atoms with Crippen LogP contribution in [0.3, 0.4) is 0 Å². The topological polar surface area (TPSA) is 164 Å². The van der Waals surface area contributed by atoms with Crippen molar-refractivity contribution in [2.75, 3.05) is 19.7 Å². The highest BCUT2D eigenvalue weighted by Crippen LogP contribution is 2.51. The number of pyridine rings is 1. The molecule has 2 amide bonds. The van der Waals surface area contributed by atoms with Gasteiger partial charge in [0, 0.05) is 51.3 Å². The van der Waals surface area contributed by atoms with E-state index in [1.54, 1.807) is 22.2 Å². The monoisotopic (exact) mass is 807 g/mol. The van der Waals surface area contributed by atoms with E-state index in [0.29, 0.717) is 54.4 Å². The van der Waals surface area contributed by atoms with Gasteiger partial charge in [0.15, 0.2) is 0 Å². The molecule has 2 aliphatic rings. The largest absolute Gasteiger partial charge is 0.465 e. The zero-order chi connectivity index (χ0) is 41.6. The summed E-state index contributed by atoms with van der Waals surface area (Å²) in [7, 11) is -1.33. The van der Waals surface area contributed by atoms with Crippen LogP contribution in [0.15, 0.2) is 55.1 Å². The number of benzene rings is 1. The maximum Gasteiger partial charge on any atom is 0.410 e. The van der Waals surface area contributed by atoms with Gasteiger partial charge in [-0.2, -0.15) is 0 Å². The second kappa shape index (κ2) is 15.5. The minimum atomic E-state index is -1.33. The first kappa shape index (κ1) is 41.0. The summed E-state index contributed by atoms with van der Waals surface area (Å²) in [4.78, 5) is 56.5. The number of ether oxygens (including phenoxy) is 2. The first-order chi connectivity index (χ1) is 27.3. The summed E-state index contributed by atoms with van der Waals surface area (Å²) >= 11 is 0. The second-order valence-electron chi connectivity index (χ2n) is 18.8. The van der Waals surface area contributed by atoms with Gasteiger partial charge >= 0.3 is 12.2 Å². The van der Waals surface area contributed by atoms with Crippen molar-refractivity contribution in [1.82, 2.24) is 44.3 Å². The predicted octanol–water partition coefficient (Wildman–Crippen LogP) is 9.34. The van der Waals surface area contributed by atoms with E-state index in [-0.39, 0.29) is 18.9 Å². The number of carboxylic acid groups (broad SMARTS) is 1. The van der Waals surface area contributed by atoms with Crippen LogP contribution in [-0.4, -0.2) is 94.9 Å². The van der Waals surface area contributed by atoms with Crippen LogP contribution in [0, 0.1) is 5.41 Å². The Labute approximate surface area is 341 Å². The van der Waals surface area contributed by atoms with Crippen molar-refractivity contribution in [3.8, 4) is 33.9 Å². The highest BCUT2D eigenvalue weighted by atomic mass is 28.3. The summed E-state index contributed by atoms with van der Waals surface area (Å²) in [5, 5.41) is 10.4. The number of likely N-dealkylation sites (tertiary alicyclic amines) is 2. The maximum atomic E-state index is 12.9. The number of imidazole rings is 2. The average molecular weight is 808 g/mol. The van der Waals surface area contributed by atoms with Gasteiger partial charge in [0.1, 0.15) is 35.2 Å². The van der Waals surface area contributed by atoms with Crippen LogP contribution < -0.4 is 0 Å². The van der Waals surface area contributed by atoms with E-state index >= 15 is 0 Å². The van der Waals surface area contributed by atoms with Gasteiger partial charge in [-0.05, 0) is 82.2 Å². The molecular weight excluding hydrogens is 751 g/mol. The number of aromatic nitrogens is 7. The Hall–Kier alpha value is -5.15. The SMILES string of the molecule is CC(C)(C)OC(=O)N1CCC[C@H]1c1nc(-c2ccc(-c3cnc4cc(-c5cnc([C@@]6(C(C)(C)C)CCCN6C(=O)O)n5COCC[Si](C)(C)C)ccc4n3)nc2)c[nH]1. The lowest BCUT2D eigenvalue weighted by atomic mass is 9.71. The molecule has 2 saturated heterocycles. The van der Waals surface area contributed by atoms with E-state index in [1.807, 2.05) is 63.5 Å². The molecule has 2 atom stereocenters. The zero-order valence-corrected chi connectivity index (χ0v) is 36.3. The molecule has 6 heterocycles. The van der Waals surface area contributed by atoms with Crippen molar-refractivity contribution in [2.45, 2.75) is 117 Å². The van der Waals surface area contributed by atoms with Crippen LogP contribution in [0.4, 0.5) is 9.59 Å². The van der Waals surface area contributed by atoms with Crippen molar-refractivity contribution in [3.63, 3.8) is 0 Å². The van der Waals surface area contributed by atoms with Crippen LogP contribution >= 0.6 is 0 Å². The van der Waals surface area contributed by atoms with Crippen LogP contribution in [0.2, 0.25) is 25.7 Å². The molecule has 0 radical (unpaired) electrons. The number of nitrogens with one attached hydrogen (secondary N) is 1. The summed E-state index contributed by atoms with van der Waals surface area (Å²) in [6, 6.07) is 10.7. The van der Waals surface area contributed by atoms with Gasteiger partial charge < -0.3 is 24.1 Å². The standard InChI is InChI=1S/C43H57N9O5Si/c1-41(2,3)43(17-11-19-52(43)39(53)54)38-47-26-36(51(38)27-56-20-21-58(7,8)9)28-13-16-31-32(22-28)45-25-34(48-31)30-15-14-29(23-44-30)33-24-46-37(49-33)35-12-10-18-50(35)40(55)57-42(4,5)6/h13-16,22-26,35H,10-12,17-21,27H2,1-9H3,(H,46,49)(H,53,54)/t35-,43+/m0/s1. The first-order valence-corrected chi connectivity index (χ1v) is 24.0. The number of aromatic amines is 1. The molecule has 2 aliphatic heterocycles. The molecule has 14 nitrogen and oxygen atoms in total. The summed E-state index contributed by atoms with van der Waals surface area (Å²) in [6.07, 6.45) is 9.05. The number of hydrogen-bond acceptors (Lipinski definition) is 9. The molecular formula is C43H57N9O5Si. The molecule has 2 fully saturated rings.